The molecule has 88 valence electrons. The van der Waals surface area contributed by atoms with Crippen LogP contribution in [0.3, 0.4) is 0 Å². The van der Waals surface area contributed by atoms with E-state index in [-0.39, 0.29) is 16.0 Å². The van der Waals surface area contributed by atoms with Gasteiger partial charge in [0.1, 0.15) is 0 Å². The standard InChI is InChI=1S/C10H9BrN4OS/c11-7-3-1-2-6(4-7)5-13-8(16)9-14-15-10(12)17-9/h1-4H,5H2,(H2,12,15)(H,13,16). The van der Waals surface area contributed by atoms with Gasteiger partial charge in [-0.1, -0.05) is 39.4 Å². The Morgan fingerprint density at radius 3 is 2.94 bits per heavy atom. The maximum atomic E-state index is 11.6. The lowest BCUT2D eigenvalue weighted by atomic mass is 10.2. The third-order valence-electron chi connectivity index (χ3n) is 1.98. The molecule has 2 aromatic rings. The molecule has 0 fully saturated rings. The van der Waals surface area contributed by atoms with Crippen molar-refractivity contribution in [2.75, 3.05) is 5.73 Å². The highest BCUT2D eigenvalue weighted by Crippen LogP contribution is 2.13. The minimum atomic E-state index is -0.265. The molecular formula is C10H9BrN4OS. The number of halogens is 1. The molecule has 1 aromatic heterocycles. The van der Waals surface area contributed by atoms with E-state index in [1.54, 1.807) is 0 Å². The molecule has 0 aliphatic carbocycles. The largest absolute Gasteiger partial charge is 0.374 e. The van der Waals surface area contributed by atoms with E-state index in [2.05, 4.69) is 31.4 Å². The fourth-order valence-corrected chi connectivity index (χ4v) is 2.20. The third kappa shape index (κ3) is 3.24. The van der Waals surface area contributed by atoms with E-state index in [4.69, 9.17) is 5.73 Å². The number of hydrogen-bond donors (Lipinski definition) is 2. The second-order valence-electron chi connectivity index (χ2n) is 3.26. The van der Waals surface area contributed by atoms with Crippen LogP contribution in [0, 0.1) is 0 Å². The van der Waals surface area contributed by atoms with E-state index in [1.165, 1.54) is 0 Å². The topological polar surface area (TPSA) is 80.9 Å². The SMILES string of the molecule is Nc1nnc(C(=O)NCc2cccc(Br)c2)s1. The van der Waals surface area contributed by atoms with Gasteiger partial charge in [-0.2, -0.15) is 0 Å². The fourth-order valence-electron chi connectivity index (χ4n) is 1.23. The van der Waals surface area contributed by atoms with Crippen molar-refractivity contribution in [2.24, 2.45) is 0 Å². The minimum absolute atomic E-state index is 0.265. The second-order valence-corrected chi connectivity index (χ2v) is 5.18. The number of aromatic nitrogens is 2. The number of hydrogen-bond acceptors (Lipinski definition) is 5. The molecule has 0 bridgehead atoms. The molecule has 0 radical (unpaired) electrons. The van der Waals surface area contributed by atoms with Crippen LogP contribution in [0.1, 0.15) is 15.4 Å². The number of carbonyl (C=O) groups is 1. The van der Waals surface area contributed by atoms with Gasteiger partial charge < -0.3 is 11.1 Å². The molecule has 0 saturated carbocycles. The van der Waals surface area contributed by atoms with Gasteiger partial charge in [-0.15, -0.1) is 10.2 Å². The van der Waals surface area contributed by atoms with Gasteiger partial charge in [0.2, 0.25) is 10.1 Å². The lowest BCUT2D eigenvalue weighted by molar-refractivity contribution is 0.0950. The quantitative estimate of drug-likeness (QED) is 0.905. The number of benzene rings is 1. The smallest absolute Gasteiger partial charge is 0.282 e. The Bertz CT molecular complexity index is 543. The monoisotopic (exact) mass is 312 g/mol. The second kappa shape index (κ2) is 5.24. The minimum Gasteiger partial charge on any atom is -0.374 e. The van der Waals surface area contributed by atoms with Crippen LogP contribution in [-0.4, -0.2) is 16.1 Å². The number of anilines is 1. The molecule has 2 rings (SSSR count). The van der Waals surface area contributed by atoms with Crippen molar-refractivity contribution >= 4 is 38.3 Å². The first-order chi connectivity index (χ1) is 8.15. The Hall–Kier alpha value is -1.47. The lowest BCUT2D eigenvalue weighted by Gasteiger charge is -2.03. The van der Waals surface area contributed by atoms with Crippen LogP contribution in [0.25, 0.3) is 0 Å². The summed E-state index contributed by atoms with van der Waals surface area (Å²) < 4.78 is 0.976. The number of amides is 1. The molecular weight excluding hydrogens is 304 g/mol. The Kier molecular flexibility index (Phi) is 3.70. The maximum absolute atomic E-state index is 11.6. The number of nitrogens with two attached hydrogens (primary N) is 1. The van der Waals surface area contributed by atoms with Crippen molar-refractivity contribution in [3.05, 3.63) is 39.3 Å². The Morgan fingerprint density at radius 2 is 2.29 bits per heavy atom. The average Bonchev–Trinajstić information content (AvgIpc) is 2.73. The van der Waals surface area contributed by atoms with Crippen molar-refractivity contribution in [3.8, 4) is 0 Å². The van der Waals surface area contributed by atoms with Crippen molar-refractivity contribution in [1.82, 2.24) is 15.5 Å². The van der Waals surface area contributed by atoms with Crippen LogP contribution >= 0.6 is 27.3 Å². The lowest BCUT2D eigenvalue weighted by Crippen LogP contribution is -2.22. The van der Waals surface area contributed by atoms with Gasteiger partial charge in [0.15, 0.2) is 0 Å². The first kappa shape index (κ1) is 12.0. The Morgan fingerprint density at radius 1 is 1.47 bits per heavy atom. The number of nitrogen functional groups attached to an aromatic ring is 1. The predicted octanol–water partition coefficient (Wildman–Crippen LogP) is 1.81. The number of nitrogens with one attached hydrogen (secondary N) is 1. The molecule has 1 amide bonds. The molecule has 7 heteroatoms. The Labute approximate surface area is 110 Å². The normalized spacial score (nSPS) is 10.2. The highest BCUT2D eigenvalue weighted by Gasteiger charge is 2.10. The fraction of sp³-hybridized carbons (Fsp3) is 0.100. The van der Waals surface area contributed by atoms with Crippen LogP contribution < -0.4 is 11.1 Å². The molecule has 0 unspecified atom stereocenters. The van der Waals surface area contributed by atoms with Gasteiger partial charge in [0.05, 0.1) is 0 Å². The number of nitrogens with zero attached hydrogens (tertiary/aromatic N) is 2. The highest BCUT2D eigenvalue weighted by molar-refractivity contribution is 9.10. The molecule has 1 heterocycles. The van der Waals surface area contributed by atoms with Gasteiger partial charge in [-0.25, -0.2) is 0 Å². The molecule has 5 nitrogen and oxygen atoms in total. The summed E-state index contributed by atoms with van der Waals surface area (Å²) in [5, 5.41) is 10.6. The van der Waals surface area contributed by atoms with Crippen LogP contribution in [0.15, 0.2) is 28.7 Å². The van der Waals surface area contributed by atoms with E-state index < -0.39 is 0 Å². The van der Waals surface area contributed by atoms with Gasteiger partial charge in [0, 0.05) is 11.0 Å². The van der Waals surface area contributed by atoms with Gasteiger partial charge in [-0.3, -0.25) is 4.79 Å². The zero-order valence-electron chi connectivity index (χ0n) is 8.68. The van der Waals surface area contributed by atoms with Crippen LogP contribution in [0.4, 0.5) is 5.13 Å². The van der Waals surface area contributed by atoms with Gasteiger partial charge in [-0.05, 0) is 17.7 Å². The van der Waals surface area contributed by atoms with E-state index in [0.29, 0.717) is 6.54 Å². The third-order valence-corrected chi connectivity index (χ3v) is 3.22. The summed E-state index contributed by atoms with van der Waals surface area (Å²) in [5.41, 5.74) is 6.41. The van der Waals surface area contributed by atoms with Crippen LogP contribution in [0.5, 0.6) is 0 Å². The summed E-state index contributed by atoms with van der Waals surface area (Å²) in [6.45, 7) is 0.442. The van der Waals surface area contributed by atoms with Crippen molar-refractivity contribution < 1.29 is 4.79 Å². The number of carbonyl (C=O) groups excluding carboxylic acids is 1. The first-order valence-electron chi connectivity index (χ1n) is 4.77. The van der Waals surface area contributed by atoms with E-state index in [1.807, 2.05) is 24.3 Å². The zero-order valence-corrected chi connectivity index (χ0v) is 11.1. The molecule has 0 spiro atoms. The average molecular weight is 313 g/mol. The summed E-state index contributed by atoms with van der Waals surface area (Å²) in [7, 11) is 0. The maximum Gasteiger partial charge on any atom is 0.282 e. The van der Waals surface area contributed by atoms with E-state index >= 15 is 0 Å². The molecule has 0 atom stereocenters. The van der Waals surface area contributed by atoms with Crippen molar-refractivity contribution in [3.63, 3.8) is 0 Å². The zero-order chi connectivity index (χ0) is 12.3. The summed E-state index contributed by atoms with van der Waals surface area (Å²) in [6, 6.07) is 7.71. The van der Waals surface area contributed by atoms with Crippen molar-refractivity contribution in [1.29, 1.82) is 0 Å². The summed E-state index contributed by atoms with van der Waals surface area (Å²) >= 11 is 4.44. The van der Waals surface area contributed by atoms with Gasteiger partial charge >= 0.3 is 0 Å². The van der Waals surface area contributed by atoms with Crippen LogP contribution in [0.2, 0.25) is 0 Å². The van der Waals surface area contributed by atoms with Gasteiger partial charge in [0.25, 0.3) is 5.91 Å². The summed E-state index contributed by atoms with van der Waals surface area (Å²) in [6.07, 6.45) is 0. The Balaban J connectivity index is 1.97. The van der Waals surface area contributed by atoms with E-state index in [9.17, 15) is 4.79 Å². The first-order valence-corrected chi connectivity index (χ1v) is 6.38. The molecule has 3 N–H and O–H groups in total. The number of rotatable bonds is 3. The highest BCUT2D eigenvalue weighted by atomic mass is 79.9. The van der Waals surface area contributed by atoms with E-state index in [0.717, 1.165) is 21.4 Å². The summed E-state index contributed by atoms with van der Waals surface area (Å²) in [5.74, 6) is -0.265. The molecule has 0 saturated heterocycles. The molecule has 0 aliphatic rings. The molecule has 0 aliphatic heterocycles. The molecule has 17 heavy (non-hydrogen) atoms. The predicted molar refractivity (Wildman–Crippen MR) is 69.6 cm³/mol. The molecule has 1 aromatic carbocycles. The van der Waals surface area contributed by atoms with Crippen LogP contribution in [-0.2, 0) is 6.54 Å². The van der Waals surface area contributed by atoms with Crippen molar-refractivity contribution in [2.45, 2.75) is 6.54 Å². The summed E-state index contributed by atoms with van der Waals surface area (Å²) in [4.78, 5) is 11.6.